The second-order valence-electron chi connectivity index (χ2n) is 7.67. The van der Waals surface area contributed by atoms with Crippen molar-refractivity contribution in [3.05, 3.63) is 41.0 Å². The number of ether oxygens (including phenoxy) is 1. The Hall–Kier alpha value is -3.32. The number of primary amides is 1. The molecule has 3 heterocycles. The molecule has 0 bridgehead atoms. The van der Waals surface area contributed by atoms with Crippen LogP contribution in [-0.4, -0.2) is 54.3 Å². The maximum Gasteiger partial charge on any atom is 0.552 e. The van der Waals surface area contributed by atoms with Gasteiger partial charge in [-0.15, -0.1) is 0 Å². The Labute approximate surface area is 187 Å². The molecule has 0 unspecified atom stereocenters. The van der Waals surface area contributed by atoms with Crippen molar-refractivity contribution >= 4 is 36.8 Å². The van der Waals surface area contributed by atoms with Crippen molar-refractivity contribution in [2.45, 2.75) is 18.6 Å². The summed E-state index contributed by atoms with van der Waals surface area (Å²) in [6.07, 6.45) is 0.513. The number of hydrogen-bond donors (Lipinski definition) is 3. The summed E-state index contributed by atoms with van der Waals surface area (Å²) in [5.41, 5.74) is 4.57. The van der Waals surface area contributed by atoms with Crippen LogP contribution in [0, 0.1) is 5.92 Å². The zero-order chi connectivity index (χ0) is 23.8. The Morgan fingerprint density at radius 1 is 1.45 bits per heavy atom. The molecule has 0 aliphatic carbocycles. The van der Waals surface area contributed by atoms with E-state index in [-0.39, 0.29) is 34.6 Å². The van der Waals surface area contributed by atoms with Crippen LogP contribution < -0.4 is 15.7 Å². The van der Waals surface area contributed by atoms with Gasteiger partial charge < -0.3 is 30.5 Å². The summed E-state index contributed by atoms with van der Waals surface area (Å²) < 4.78 is 53.0. The number of nitrogens with two attached hydrogens (primary N) is 1. The zero-order valence-electron chi connectivity index (χ0n) is 17.5. The second-order valence-corrected chi connectivity index (χ2v) is 7.67. The summed E-state index contributed by atoms with van der Waals surface area (Å²) in [5.74, 6) is -0.0409. The number of fused-ring (bicyclic) bond motifs is 1. The molecule has 1 amide bonds. The molecule has 33 heavy (non-hydrogen) atoms. The molecule has 1 aromatic heterocycles. The van der Waals surface area contributed by atoms with Gasteiger partial charge in [0, 0.05) is 43.2 Å². The Bertz CT molecular complexity index is 1120. The van der Waals surface area contributed by atoms with Gasteiger partial charge >= 0.3 is 13.3 Å². The van der Waals surface area contributed by atoms with Crippen molar-refractivity contribution < 1.29 is 32.4 Å². The van der Waals surface area contributed by atoms with Gasteiger partial charge in [-0.2, -0.15) is 18.3 Å². The molecular formula is C20H21BF3N5O4. The van der Waals surface area contributed by atoms with E-state index in [2.05, 4.69) is 15.4 Å². The third kappa shape index (κ3) is 4.73. The maximum atomic E-state index is 13.7. The fourth-order valence-corrected chi connectivity index (χ4v) is 3.88. The number of anilines is 2. The van der Waals surface area contributed by atoms with Crippen LogP contribution in [0.15, 0.2) is 29.3 Å². The molecule has 4 rings (SSSR count). The Kier molecular flexibility index (Phi) is 6.17. The number of nitrogens with one attached hydrogen (secondary N) is 1. The summed E-state index contributed by atoms with van der Waals surface area (Å²) in [6.45, 7) is 0.888. The van der Waals surface area contributed by atoms with Crippen molar-refractivity contribution in [1.29, 1.82) is 0 Å². The van der Waals surface area contributed by atoms with Crippen molar-refractivity contribution in [2.24, 2.45) is 16.6 Å². The van der Waals surface area contributed by atoms with Crippen molar-refractivity contribution in [3.8, 4) is 5.75 Å². The average molecular weight is 463 g/mol. The fraction of sp³-hybridized carbons (Fsp3) is 0.350. The van der Waals surface area contributed by atoms with Crippen LogP contribution in [0.5, 0.6) is 5.75 Å². The number of aliphatic imine (C=N–C) groups is 1. The van der Waals surface area contributed by atoms with Gasteiger partial charge in [0.1, 0.15) is 11.3 Å². The molecule has 4 N–H and O–H groups in total. The lowest BCUT2D eigenvalue weighted by Gasteiger charge is -2.29. The van der Waals surface area contributed by atoms with Crippen molar-refractivity contribution in [1.82, 2.24) is 9.78 Å². The van der Waals surface area contributed by atoms with Crippen LogP contribution in [0.1, 0.15) is 33.9 Å². The minimum atomic E-state index is -4.75. The van der Waals surface area contributed by atoms with Gasteiger partial charge in [-0.1, -0.05) is 6.08 Å². The topological polar surface area (TPSA) is 124 Å². The van der Waals surface area contributed by atoms with Gasteiger partial charge in [-0.25, -0.2) is 0 Å². The summed E-state index contributed by atoms with van der Waals surface area (Å²) in [4.78, 5) is 16.1. The van der Waals surface area contributed by atoms with Crippen LogP contribution >= 0.6 is 0 Å². The number of carbonyl (C=O) groups is 1. The van der Waals surface area contributed by atoms with E-state index in [9.17, 15) is 23.0 Å². The molecule has 2 aliphatic rings. The lowest BCUT2D eigenvalue weighted by molar-refractivity contribution is -0.138. The van der Waals surface area contributed by atoms with E-state index in [0.29, 0.717) is 19.6 Å². The monoisotopic (exact) mass is 463 g/mol. The van der Waals surface area contributed by atoms with E-state index in [1.54, 1.807) is 13.3 Å². The number of carbonyl (C=O) groups excluding carboxylic acids is 1. The number of aromatic nitrogens is 2. The number of amides is 1. The van der Waals surface area contributed by atoms with E-state index < -0.39 is 30.5 Å². The molecule has 1 aromatic carbocycles. The third-order valence-electron chi connectivity index (χ3n) is 5.42. The predicted octanol–water partition coefficient (Wildman–Crippen LogP) is 2.45. The molecule has 2 aliphatic heterocycles. The van der Waals surface area contributed by atoms with Crippen LogP contribution in [-0.2, 0) is 10.9 Å². The lowest BCUT2D eigenvalue weighted by Crippen LogP contribution is -2.31. The van der Waals surface area contributed by atoms with Crippen LogP contribution in [0.2, 0.25) is 0 Å². The first-order valence-corrected chi connectivity index (χ1v) is 10.1. The number of rotatable bonds is 5. The minimum absolute atomic E-state index is 0.00603. The molecule has 174 valence electrons. The number of halogens is 3. The molecule has 0 saturated carbocycles. The van der Waals surface area contributed by atoms with Gasteiger partial charge in [0.25, 0.3) is 5.91 Å². The van der Waals surface area contributed by atoms with E-state index in [4.69, 9.17) is 15.1 Å². The first-order valence-electron chi connectivity index (χ1n) is 10.1. The van der Waals surface area contributed by atoms with E-state index >= 15 is 0 Å². The number of alkyl halides is 3. The van der Waals surface area contributed by atoms with Crippen molar-refractivity contribution in [2.75, 3.05) is 25.6 Å². The lowest BCUT2D eigenvalue weighted by atomic mass is 9.85. The molecule has 9 nitrogen and oxygen atoms in total. The SMILES string of the molecule is C/N=C\[C@H]1CCOC[C@@H]1n1cc(C(N)=O)c(Nc2cc3c(c(C(F)(F)F)c2)OB(O)C=C3)n1. The van der Waals surface area contributed by atoms with Crippen molar-refractivity contribution in [3.63, 3.8) is 0 Å². The van der Waals surface area contributed by atoms with Gasteiger partial charge in [0.05, 0.1) is 18.2 Å². The van der Waals surface area contributed by atoms with Gasteiger partial charge in [0.15, 0.2) is 5.82 Å². The zero-order valence-corrected chi connectivity index (χ0v) is 17.5. The summed E-state index contributed by atoms with van der Waals surface area (Å²) in [6, 6.07) is 1.96. The minimum Gasteiger partial charge on any atom is -0.532 e. The van der Waals surface area contributed by atoms with E-state index in [1.165, 1.54) is 29.0 Å². The Morgan fingerprint density at radius 2 is 2.24 bits per heavy atom. The largest absolute Gasteiger partial charge is 0.552 e. The summed E-state index contributed by atoms with van der Waals surface area (Å²) in [5, 5.41) is 16.7. The first-order chi connectivity index (χ1) is 15.7. The van der Waals surface area contributed by atoms with Crippen LogP contribution in [0.4, 0.5) is 24.7 Å². The molecule has 0 spiro atoms. The summed E-state index contributed by atoms with van der Waals surface area (Å²) >= 11 is 0. The van der Waals surface area contributed by atoms with Gasteiger partial charge in [-0.05, 0) is 24.5 Å². The first kappa shape index (κ1) is 22.9. The standard InChI is InChI=1S/C20H21BF3N5O4/c1-26-8-12-3-5-32-10-16(12)29-9-14(18(25)30)19(28-29)27-13-6-11-2-4-21(31)33-17(11)15(7-13)20(22,23)24/h2,4,6-9,12,16,31H,3,5,10H2,1H3,(H2,25,30)(H,27,28)/b26-8-/t12-,16+/m1/s1. The molecule has 1 fully saturated rings. The number of benzene rings is 1. The predicted molar refractivity (Wildman–Crippen MR) is 115 cm³/mol. The van der Waals surface area contributed by atoms with Gasteiger partial charge in [0.2, 0.25) is 0 Å². The van der Waals surface area contributed by atoms with Crippen LogP contribution in [0.25, 0.3) is 6.08 Å². The quantitative estimate of drug-likeness (QED) is 0.463. The molecular weight excluding hydrogens is 442 g/mol. The highest BCUT2D eigenvalue weighted by molar-refractivity contribution is 6.51. The molecule has 1 saturated heterocycles. The smallest absolute Gasteiger partial charge is 0.532 e. The molecule has 0 radical (unpaired) electrons. The average Bonchev–Trinajstić information content (AvgIpc) is 3.17. The van der Waals surface area contributed by atoms with E-state index in [1.807, 2.05) is 0 Å². The highest BCUT2D eigenvalue weighted by atomic mass is 19.4. The highest BCUT2D eigenvalue weighted by Crippen LogP contribution is 2.42. The number of nitrogens with zero attached hydrogens (tertiary/aromatic N) is 3. The van der Waals surface area contributed by atoms with Crippen LogP contribution in [0.3, 0.4) is 0 Å². The Morgan fingerprint density at radius 3 is 2.94 bits per heavy atom. The maximum absolute atomic E-state index is 13.7. The fourth-order valence-electron chi connectivity index (χ4n) is 3.88. The second kappa shape index (κ2) is 8.91. The molecule has 2 aromatic rings. The Balaban J connectivity index is 1.72. The normalized spacial score (nSPS) is 20.6. The molecule has 13 heteroatoms. The highest BCUT2D eigenvalue weighted by Gasteiger charge is 2.38. The summed E-state index contributed by atoms with van der Waals surface area (Å²) in [7, 11) is 0.176. The molecule has 2 atom stereocenters. The van der Waals surface area contributed by atoms with Gasteiger partial charge in [-0.3, -0.25) is 9.48 Å². The third-order valence-corrected chi connectivity index (χ3v) is 5.42. The number of hydrogen-bond acceptors (Lipinski definition) is 7. The van der Waals surface area contributed by atoms with E-state index in [0.717, 1.165) is 6.07 Å².